The molecule has 8 heteroatoms. The summed E-state index contributed by atoms with van der Waals surface area (Å²) in [5.41, 5.74) is 1.05. The number of sulfone groups is 1. The molecule has 1 atom stereocenters. The zero-order valence-electron chi connectivity index (χ0n) is 15.2. The second-order valence-corrected chi connectivity index (χ2v) is 9.74. The van der Waals surface area contributed by atoms with Gasteiger partial charge in [0, 0.05) is 12.6 Å². The average Bonchev–Trinajstić information content (AvgIpc) is 2.96. The summed E-state index contributed by atoms with van der Waals surface area (Å²) in [7, 11) is -2.98. The van der Waals surface area contributed by atoms with E-state index in [1.807, 2.05) is 31.2 Å². The fourth-order valence-corrected chi connectivity index (χ4v) is 5.91. The van der Waals surface area contributed by atoms with Crippen molar-refractivity contribution in [2.45, 2.75) is 19.4 Å². The molecule has 0 saturated carbocycles. The van der Waals surface area contributed by atoms with Gasteiger partial charge in [0.25, 0.3) is 5.91 Å². The number of likely N-dealkylation sites (N-methyl/N-ethyl adjacent to an activating group) is 1. The number of rotatable bonds is 5. The van der Waals surface area contributed by atoms with E-state index in [0.29, 0.717) is 19.5 Å². The molecule has 2 aliphatic rings. The molecule has 1 aromatic carbocycles. The minimum atomic E-state index is -2.98. The van der Waals surface area contributed by atoms with Crippen LogP contribution in [0, 0.1) is 0 Å². The molecule has 3 rings (SSSR count). The van der Waals surface area contributed by atoms with Crippen molar-refractivity contribution in [2.24, 2.45) is 0 Å². The highest BCUT2D eigenvalue weighted by Crippen LogP contribution is 2.24. The van der Waals surface area contributed by atoms with E-state index in [9.17, 15) is 13.2 Å². The summed E-state index contributed by atoms with van der Waals surface area (Å²) in [6.45, 7) is 6.38. The Morgan fingerprint density at radius 1 is 1.31 bits per heavy atom. The summed E-state index contributed by atoms with van der Waals surface area (Å²) in [6.07, 6.45) is 0.567. The zero-order valence-corrected chi connectivity index (χ0v) is 16.7. The van der Waals surface area contributed by atoms with E-state index in [4.69, 9.17) is 11.6 Å². The molecule has 144 valence electrons. The van der Waals surface area contributed by atoms with Gasteiger partial charge in [0.1, 0.15) is 0 Å². The van der Waals surface area contributed by atoms with E-state index in [1.54, 1.807) is 4.90 Å². The molecule has 26 heavy (non-hydrogen) atoms. The largest absolute Gasteiger partial charge is 0.359 e. The lowest BCUT2D eigenvalue weighted by atomic mass is 10.2. The predicted octanol–water partition coefficient (Wildman–Crippen LogP) is 0.0805. The van der Waals surface area contributed by atoms with Gasteiger partial charge in [-0.1, -0.05) is 23.7 Å². The molecular formula is C18H27ClN3O3S+. The van der Waals surface area contributed by atoms with Gasteiger partial charge in [-0.25, -0.2) is 8.42 Å². The number of benzene rings is 1. The van der Waals surface area contributed by atoms with Crippen molar-refractivity contribution in [3.8, 4) is 0 Å². The maximum atomic E-state index is 12.7. The number of hydrogen-bond acceptors (Lipinski definition) is 4. The van der Waals surface area contributed by atoms with Crippen LogP contribution in [0.15, 0.2) is 24.3 Å². The molecule has 2 heterocycles. The maximum absolute atomic E-state index is 12.7. The van der Waals surface area contributed by atoms with Crippen molar-refractivity contribution < 1.29 is 18.1 Å². The van der Waals surface area contributed by atoms with Gasteiger partial charge in [-0.2, -0.15) is 0 Å². The number of amides is 1. The Morgan fingerprint density at radius 3 is 2.58 bits per heavy atom. The highest BCUT2D eigenvalue weighted by Gasteiger charge is 2.35. The van der Waals surface area contributed by atoms with Gasteiger partial charge in [0.05, 0.1) is 48.4 Å². The number of nitrogens with one attached hydrogen (secondary N) is 1. The van der Waals surface area contributed by atoms with Crippen molar-refractivity contribution in [2.75, 3.05) is 55.7 Å². The van der Waals surface area contributed by atoms with Crippen LogP contribution in [0.25, 0.3) is 0 Å². The third kappa shape index (κ3) is 4.50. The number of hydrogen-bond donors (Lipinski definition) is 1. The number of quaternary nitrogens is 1. The number of carbonyl (C=O) groups is 1. The molecule has 1 aromatic rings. The van der Waals surface area contributed by atoms with Gasteiger partial charge in [0.15, 0.2) is 16.4 Å². The van der Waals surface area contributed by atoms with Crippen molar-refractivity contribution in [1.82, 2.24) is 4.90 Å². The average molecular weight is 401 g/mol. The first kappa shape index (κ1) is 19.5. The zero-order chi connectivity index (χ0) is 18.7. The van der Waals surface area contributed by atoms with Crippen LogP contribution < -0.4 is 9.80 Å². The summed E-state index contributed by atoms with van der Waals surface area (Å²) in [4.78, 5) is 18.0. The van der Waals surface area contributed by atoms with Crippen LogP contribution in [0.4, 0.5) is 5.69 Å². The second kappa shape index (κ2) is 8.15. The summed E-state index contributed by atoms with van der Waals surface area (Å²) >= 11 is 6.28. The lowest BCUT2D eigenvalue weighted by Crippen LogP contribution is -3.16. The fraction of sp³-hybridized carbons (Fsp3) is 0.611. The van der Waals surface area contributed by atoms with Crippen LogP contribution >= 0.6 is 11.6 Å². The van der Waals surface area contributed by atoms with Gasteiger partial charge in [-0.3, -0.25) is 4.79 Å². The lowest BCUT2D eigenvalue weighted by Gasteiger charge is -2.35. The topological polar surface area (TPSA) is 62.1 Å². The normalized spacial score (nSPS) is 23.2. The van der Waals surface area contributed by atoms with Gasteiger partial charge in [-0.15, -0.1) is 0 Å². The van der Waals surface area contributed by atoms with Crippen molar-refractivity contribution in [3.05, 3.63) is 29.3 Å². The molecule has 2 fully saturated rings. The smallest absolute Gasteiger partial charge is 0.278 e. The minimum Gasteiger partial charge on any atom is -0.359 e. The van der Waals surface area contributed by atoms with Gasteiger partial charge >= 0.3 is 0 Å². The van der Waals surface area contributed by atoms with E-state index in [-0.39, 0.29) is 23.5 Å². The van der Waals surface area contributed by atoms with Gasteiger partial charge in [0.2, 0.25) is 0 Å². The number of carbonyl (C=O) groups excluding carboxylic acids is 1. The number of nitrogens with zero attached hydrogens (tertiary/aromatic N) is 2. The quantitative estimate of drug-likeness (QED) is 0.760. The van der Waals surface area contributed by atoms with Crippen LogP contribution in [-0.2, 0) is 14.6 Å². The SMILES string of the molecule is CCN(C(=O)C[NH+]1CCN(c2ccccc2Cl)CC1)[C@H]1CCS(=O)(=O)C1. The molecule has 0 spiro atoms. The van der Waals surface area contributed by atoms with Crippen LogP contribution in [0.1, 0.15) is 13.3 Å². The van der Waals surface area contributed by atoms with E-state index >= 15 is 0 Å². The summed E-state index contributed by atoms with van der Waals surface area (Å²) < 4.78 is 23.4. The first-order valence-electron chi connectivity index (χ1n) is 9.22. The molecule has 0 aliphatic carbocycles. The standard InChI is InChI=1S/C18H26ClN3O3S/c1-2-22(15-7-12-26(24,25)14-15)18(23)13-20-8-10-21(11-9-20)17-6-4-3-5-16(17)19/h3-6,15H,2,7-14H2,1H3/p+1/t15-/m0/s1. The molecular weight excluding hydrogens is 374 g/mol. The van der Waals surface area contributed by atoms with Gasteiger partial charge in [-0.05, 0) is 25.5 Å². The van der Waals surface area contributed by atoms with E-state index < -0.39 is 9.84 Å². The van der Waals surface area contributed by atoms with E-state index in [2.05, 4.69) is 4.90 Å². The third-order valence-corrected chi connectivity index (χ3v) is 7.45. The van der Waals surface area contributed by atoms with Crippen LogP contribution in [0.5, 0.6) is 0 Å². The van der Waals surface area contributed by atoms with Crippen LogP contribution in [0.3, 0.4) is 0 Å². The molecule has 2 aliphatic heterocycles. The lowest BCUT2D eigenvalue weighted by molar-refractivity contribution is -0.892. The van der Waals surface area contributed by atoms with Crippen LogP contribution in [0.2, 0.25) is 5.02 Å². The number of piperazine rings is 1. The summed E-state index contributed by atoms with van der Waals surface area (Å²) in [6, 6.07) is 7.68. The molecule has 2 saturated heterocycles. The Kier molecular flexibility index (Phi) is 6.10. The van der Waals surface area contributed by atoms with E-state index in [0.717, 1.165) is 36.9 Å². The summed E-state index contributed by atoms with van der Waals surface area (Å²) in [5.74, 6) is 0.378. The maximum Gasteiger partial charge on any atom is 0.278 e. The highest BCUT2D eigenvalue weighted by atomic mass is 35.5. The van der Waals surface area contributed by atoms with Crippen molar-refractivity contribution in [1.29, 1.82) is 0 Å². The summed E-state index contributed by atoms with van der Waals surface area (Å²) in [5, 5.41) is 0.756. The molecule has 6 nitrogen and oxygen atoms in total. The van der Waals surface area contributed by atoms with Gasteiger partial charge < -0.3 is 14.7 Å². The third-order valence-electron chi connectivity index (χ3n) is 5.38. The monoisotopic (exact) mass is 400 g/mol. The molecule has 1 N–H and O–H groups in total. The Balaban J connectivity index is 1.53. The first-order chi connectivity index (χ1) is 12.4. The molecule has 0 unspecified atom stereocenters. The van der Waals surface area contributed by atoms with Crippen molar-refractivity contribution in [3.63, 3.8) is 0 Å². The Hall–Kier alpha value is -1.31. The first-order valence-corrected chi connectivity index (χ1v) is 11.4. The molecule has 0 aromatic heterocycles. The number of halogens is 1. The predicted molar refractivity (Wildman–Crippen MR) is 104 cm³/mol. The van der Waals surface area contributed by atoms with Crippen LogP contribution in [-0.4, -0.2) is 76.0 Å². The number of anilines is 1. The second-order valence-electron chi connectivity index (χ2n) is 7.10. The van der Waals surface area contributed by atoms with E-state index in [1.165, 1.54) is 4.90 Å². The van der Waals surface area contributed by atoms with Crippen molar-refractivity contribution >= 4 is 33.0 Å². The Labute approximate surface area is 160 Å². The minimum absolute atomic E-state index is 0.0655. The molecule has 0 radical (unpaired) electrons. The Bertz CT molecular complexity index is 748. The Morgan fingerprint density at radius 2 is 2.00 bits per heavy atom. The highest BCUT2D eigenvalue weighted by molar-refractivity contribution is 7.91. The number of para-hydroxylation sites is 1. The molecule has 1 amide bonds. The molecule has 0 bridgehead atoms. The fourth-order valence-electron chi connectivity index (χ4n) is 3.92.